The number of carboxylic acid groups (broad SMARTS) is 1. The number of carbonyl (C=O) groups is 1. The minimum atomic E-state index is -3.95. The minimum absolute atomic E-state index is 0.245. The molecule has 0 amide bonds. The molecule has 10 heteroatoms. The molecule has 7 nitrogen and oxygen atoms in total. The van der Waals surface area contributed by atoms with Crippen LogP contribution in [0.15, 0.2) is 24.3 Å². The number of ether oxygens (including phenoxy) is 1. The summed E-state index contributed by atoms with van der Waals surface area (Å²) < 4.78 is 59.1. The van der Waals surface area contributed by atoms with Crippen LogP contribution in [0.1, 0.15) is 12.0 Å². The van der Waals surface area contributed by atoms with Gasteiger partial charge in [0.05, 0.1) is 25.8 Å². The van der Waals surface area contributed by atoms with Crippen LogP contribution in [0.3, 0.4) is 0 Å². The summed E-state index contributed by atoms with van der Waals surface area (Å²) >= 11 is 0. The predicted molar refractivity (Wildman–Crippen MR) is 86.2 cm³/mol. The number of nitrogens with zero attached hydrogens (tertiary/aromatic N) is 1. The van der Waals surface area contributed by atoms with E-state index in [0.717, 1.165) is 6.26 Å². The third-order valence-electron chi connectivity index (χ3n) is 4.12. The fraction of sp³-hybridized carbons (Fsp3) is 0.533. The van der Waals surface area contributed by atoms with Crippen LogP contribution in [0.5, 0.6) is 5.75 Å². The molecule has 2 atom stereocenters. The highest BCUT2D eigenvalue weighted by Crippen LogP contribution is 2.35. The van der Waals surface area contributed by atoms with E-state index in [9.17, 15) is 22.0 Å². The lowest BCUT2D eigenvalue weighted by atomic mass is 10.0. The van der Waals surface area contributed by atoms with Gasteiger partial charge in [0.1, 0.15) is 11.8 Å². The van der Waals surface area contributed by atoms with E-state index in [2.05, 4.69) is 5.32 Å². The summed E-state index contributed by atoms with van der Waals surface area (Å²) in [5.41, 5.74) is 0.517. The van der Waals surface area contributed by atoms with Gasteiger partial charge in [0.25, 0.3) is 5.92 Å². The van der Waals surface area contributed by atoms with Gasteiger partial charge in [-0.05, 0) is 17.7 Å². The Morgan fingerprint density at radius 2 is 2.00 bits per heavy atom. The summed E-state index contributed by atoms with van der Waals surface area (Å²) in [5, 5.41) is 11.2. The first-order chi connectivity index (χ1) is 11.6. The molecule has 0 aliphatic carbocycles. The molecule has 0 saturated carbocycles. The first-order valence-corrected chi connectivity index (χ1v) is 9.33. The highest BCUT2D eigenvalue weighted by atomic mass is 32.2. The van der Waals surface area contributed by atoms with Crippen LogP contribution in [-0.2, 0) is 21.4 Å². The molecule has 25 heavy (non-hydrogen) atoms. The van der Waals surface area contributed by atoms with Gasteiger partial charge >= 0.3 is 5.97 Å². The maximum absolute atomic E-state index is 14.6. The normalized spacial score (nSPS) is 22.9. The number of hydrogen-bond acceptors (Lipinski definition) is 5. The topological polar surface area (TPSA) is 95.9 Å². The summed E-state index contributed by atoms with van der Waals surface area (Å²) in [6, 6.07) is 3.12. The highest BCUT2D eigenvalue weighted by Gasteiger charge is 2.56. The van der Waals surface area contributed by atoms with Gasteiger partial charge in [-0.1, -0.05) is 12.1 Å². The van der Waals surface area contributed by atoms with Crippen molar-refractivity contribution in [3.8, 4) is 5.75 Å². The zero-order chi connectivity index (χ0) is 18.8. The fourth-order valence-corrected chi connectivity index (χ4v) is 3.87. The molecule has 2 N–H and O–H groups in total. The Morgan fingerprint density at radius 3 is 2.48 bits per heavy atom. The van der Waals surface area contributed by atoms with Gasteiger partial charge in [0.15, 0.2) is 0 Å². The maximum Gasteiger partial charge on any atom is 0.305 e. The summed E-state index contributed by atoms with van der Waals surface area (Å²) in [6.45, 7) is -0.571. The first-order valence-electron chi connectivity index (χ1n) is 7.48. The van der Waals surface area contributed by atoms with Crippen molar-refractivity contribution in [3.63, 3.8) is 0 Å². The molecule has 2 rings (SSSR count). The lowest BCUT2D eigenvalue weighted by Crippen LogP contribution is -2.51. The number of hydrogen-bond donors (Lipinski definition) is 2. The van der Waals surface area contributed by atoms with Crippen LogP contribution in [0, 0.1) is 0 Å². The van der Waals surface area contributed by atoms with Crippen LogP contribution < -0.4 is 10.1 Å². The van der Waals surface area contributed by atoms with E-state index in [4.69, 9.17) is 9.84 Å². The Balaban J connectivity index is 2.27. The lowest BCUT2D eigenvalue weighted by Gasteiger charge is -2.31. The molecule has 0 bridgehead atoms. The second-order valence-electron chi connectivity index (χ2n) is 5.91. The Labute approximate surface area is 144 Å². The fourth-order valence-electron chi connectivity index (χ4n) is 2.80. The summed E-state index contributed by atoms with van der Waals surface area (Å²) in [5.74, 6) is -4.32. The predicted octanol–water partition coefficient (Wildman–Crippen LogP) is 0.907. The molecule has 0 unspecified atom stereocenters. The number of sulfonamides is 1. The quantitative estimate of drug-likeness (QED) is 0.732. The van der Waals surface area contributed by atoms with E-state index >= 15 is 0 Å². The number of nitrogens with one attached hydrogen (secondary N) is 1. The molecule has 1 aromatic carbocycles. The molecular weight excluding hydrogens is 358 g/mol. The summed E-state index contributed by atoms with van der Waals surface area (Å²) in [4.78, 5) is 10.8. The van der Waals surface area contributed by atoms with Crippen LogP contribution in [0.2, 0.25) is 0 Å². The first kappa shape index (κ1) is 19.5. The lowest BCUT2D eigenvalue weighted by molar-refractivity contribution is -0.140. The van der Waals surface area contributed by atoms with Crippen LogP contribution in [0.25, 0.3) is 0 Å². The average molecular weight is 378 g/mol. The SMILES string of the molecule is COc1ccc(CN([C@@H]2CN[C@H](CC(=O)O)C2(F)F)S(C)(=O)=O)cc1. The standard InChI is InChI=1S/C15H20F2N2O5S/c1-24-11-5-3-10(4-6-11)9-19(25(2,22)23)13-8-18-12(7-14(20)21)15(13,16)17/h3-6,12-13,18H,7-9H2,1-2H3,(H,20,21)/t12-,13-/m1/s1. The molecule has 1 fully saturated rings. The van der Waals surface area contributed by atoms with Gasteiger partial charge in [0, 0.05) is 13.1 Å². The monoisotopic (exact) mass is 378 g/mol. The molecule has 0 spiro atoms. The third kappa shape index (κ3) is 4.44. The van der Waals surface area contributed by atoms with Gasteiger partial charge in [-0.25, -0.2) is 17.2 Å². The maximum atomic E-state index is 14.6. The van der Waals surface area contributed by atoms with Crippen molar-refractivity contribution in [3.05, 3.63) is 29.8 Å². The van der Waals surface area contributed by atoms with Crippen molar-refractivity contribution in [1.82, 2.24) is 9.62 Å². The van der Waals surface area contributed by atoms with Crippen molar-refractivity contribution < 1.29 is 31.8 Å². The van der Waals surface area contributed by atoms with Crippen molar-refractivity contribution in [2.45, 2.75) is 31.0 Å². The number of rotatable bonds is 7. The number of aliphatic carboxylic acids is 1. The van der Waals surface area contributed by atoms with E-state index in [0.29, 0.717) is 15.6 Å². The van der Waals surface area contributed by atoms with Gasteiger partial charge in [-0.3, -0.25) is 4.79 Å². The van der Waals surface area contributed by atoms with Crippen LogP contribution >= 0.6 is 0 Å². The van der Waals surface area contributed by atoms with Gasteiger partial charge in [0.2, 0.25) is 10.0 Å². The van der Waals surface area contributed by atoms with Crippen molar-refractivity contribution >= 4 is 16.0 Å². The second-order valence-corrected chi connectivity index (χ2v) is 7.84. The Hall–Kier alpha value is -1.78. The Kier molecular flexibility index (Phi) is 5.65. The summed E-state index contributed by atoms with van der Waals surface area (Å²) in [6.07, 6.45) is 0.0702. The minimum Gasteiger partial charge on any atom is -0.497 e. The molecule has 1 aliphatic rings. The van der Waals surface area contributed by atoms with Crippen molar-refractivity contribution in [2.75, 3.05) is 19.9 Å². The summed E-state index contributed by atoms with van der Waals surface area (Å²) in [7, 11) is -2.47. The largest absolute Gasteiger partial charge is 0.497 e. The number of halogens is 2. The molecule has 0 radical (unpaired) electrons. The van der Waals surface area contributed by atoms with Crippen molar-refractivity contribution in [1.29, 1.82) is 0 Å². The van der Waals surface area contributed by atoms with Gasteiger partial charge in [-0.15, -0.1) is 0 Å². The smallest absolute Gasteiger partial charge is 0.305 e. The number of carboxylic acids is 1. The van der Waals surface area contributed by atoms with E-state index in [1.165, 1.54) is 7.11 Å². The Bertz CT molecular complexity index is 724. The van der Waals surface area contributed by atoms with Crippen LogP contribution in [-0.4, -0.2) is 61.7 Å². The third-order valence-corrected chi connectivity index (χ3v) is 5.35. The van der Waals surface area contributed by atoms with E-state index in [1.54, 1.807) is 24.3 Å². The number of methoxy groups -OCH3 is 1. The molecule has 1 heterocycles. The molecular formula is C15H20F2N2O5S. The average Bonchev–Trinajstić information content (AvgIpc) is 2.78. The number of benzene rings is 1. The van der Waals surface area contributed by atoms with Crippen LogP contribution in [0.4, 0.5) is 8.78 Å². The molecule has 1 saturated heterocycles. The van der Waals surface area contributed by atoms with Crippen molar-refractivity contribution in [2.24, 2.45) is 0 Å². The zero-order valence-corrected chi connectivity index (χ0v) is 14.6. The number of alkyl halides is 2. The van der Waals surface area contributed by atoms with E-state index in [1.807, 2.05) is 0 Å². The molecule has 140 valence electrons. The Morgan fingerprint density at radius 1 is 1.40 bits per heavy atom. The molecule has 0 aromatic heterocycles. The molecule has 1 aliphatic heterocycles. The van der Waals surface area contributed by atoms with E-state index in [-0.39, 0.29) is 13.1 Å². The zero-order valence-electron chi connectivity index (χ0n) is 13.8. The van der Waals surface area contributed by atoms with Gasteiger partial charge < -0.3 is 15.2 Å². The van der Waals surface area contributed by atoms with E-state index < -0.39 is 40.4 Å². The van der Waals surface area contributed by atoms with Gasteiger partial charge in [-0.2, -0.15) is 4.31 Å². The molecule has 1 aromatic rings. The highest BCUT2D eigenvalue weighted by molar-refractivity contribution is 7.88. The second kappa shape index (κ2) is 7.22.